The van der Waals surface area contributed by atoms with Crippen molar-refractivity contribution in [3.8, 4) is 6.07 Å². The highest BCUT2D eigenvalue weighted by Crippen LogP contribution is 2.46. The third kappa shape index (κ3) is 12.6. The number of aromatic nitrogens is 3. The van der Waals surface area contributed by atoms with Crippen LogP contribution in [0.5, 0.6) is 0 Å². The topological polar surface area (TPSA) is 145 Å². The smallest absolute Gasteiger partial charge is 0.382 e. The van der Waals surface area contributed by atoms with E-state index in [2.05, 4.69) is 23.1 Å². The zero-order valence-corrected chi connectivity index (χ0v) is 28.4. The van der Waals surface area contributed by atoms with Gasteiger partial charge >= 0.3 is 7.82 Å². The van der Waals surface area contributed by atoms with Crippen molar-refractivity contribution in [1.82, 2.24) is 14.6 Å². The van der Waals surface area contributed by atoms with Crippen LogP contribution >= 0.6 is 19.6 Å². The van der Waals surface area contributed by atoms with Crippen LogP contribution in [0.2, 0.25) is 0 Å². The SMILES string of the molecule is CCCCCCCCCCCCCCCCCSCCCOP(=O)(O)OC[C@@H]1CC[C@](C#N)(c2ccc3c(N)ncnn23)O1. The van der Waals surface area contributed by atoms with Crippen LogP contribution in [-0.2, 0) is 24.0 Å². The van der Waals surface area contributed by atoms with Crippen LogP contribution in [0, 0.1) is 11.3 Å². The number of fused-ring (bicyclic) bond motifs is 1. The van der Waals surface area contributed by atoms with Gasteiger partial charge in [-0.2, -0.15) is 22.1 Å². The average molecular weight is 652 g/mol. The lowest BCUT2D eigenvalue weighted by molar-refractivity contribution is -0.0334. The van der Waals surface area contributed by atoms with Crippen molar-refractivity contribution in [2.45, 2.75) is 134 Å². The molecule has 12 heteroatoms. The Balaban J connectivity index is 1.15. The van der Waals surface area contributed by atoms with E-state index in [1.54, 1.807) is 16.6 Å². The quantitative estimate of drug-likeness (QED) is 0.0793. The molecule has 1 fully saturated rings. The number of nitrogen functional groups attached to an aromatic ring is 1. The van der Waals surface area contributed by atoms with Gasteiger partial charge in [-0.1, -0.05) is 96.8 Å². The van der Waals surface area contributed by atoms with Crippen molar-refractivity contribution < 1.29 is 23.2 Å². The van der Waals surface area contributed by atoms with Crippen LogP contribution in [0.4, 0.5) is 5.82 Å². The molecule has 0 aromatic carbocycles. The van der Waals surface area contributed by atoms with E-state index in [9.17, 15) is 14.7 Å². The van der Waals surface area contributed by atoms with Gasteiger partial charge in [0, 0.05) is 0 Å². The molecule has 0 saturated carbocycles. The van der Waals surface area contributed by atoms with E-state index < -0.39 is 19.5 Å². The minimum absolute atomic E-state index is 0.147. The predicted molar refractivity (Wildman–Crippen MR) is 177 cm³/mol. The zero-order valence-electron chi connectivity index (χ0n) is 26.7. The maximum Gasteiger partial charge on any atom is 0.472 e. The normalized spacial score (nSPS) is 19.8. The number of thioether (sulfide) groups is 1. The van der Waals surface area contributed by atoms with Crippen LogP contribution in [0.1, 0.15) is 128 Å². The summed E-state index contributed by atoms with van der Waals surface area (Å²) in [6.07, 6.45) is 22.9. The number of anilines is 1. The summed E-state index contributed by atoms with van der Waals surface area (Å²) in [4.78, 5) is 14.1. The van der Waals surface area contributed by atoms with E-state index in [1.165, 1.54) is 103 Å². The Bertz CT molecular complexity index is 1180. The third-order valence-corrected chi connectivity index (χ3v) is 10.4. The Labute approximate surface area is 268 Å². The first-order chi connectivity index (χ1) is 21.4. The zero-order chi connectivity index (χ0) is 31.5. The van der Waals surface area contributed by atoms with E-state index in [0.717, 1.165) is 11.5 Å². The largest absolute Gasteiger partial charge is 0.472 e. The lowest BCUT2D eigenvalue weighted by Crippen LogP contribution is -2.28. The highest BCUT2D eigenvalue weighted by molar-refractivity contribution is 7.99. The molecular weight excluding hydrogens is 597 g/mol. The van der Waals surface area contributed by atoms with Gasteiger partial charge in [0.05, 0.1) is 25.0 Å². The first-order valence-corrected chi connectivity index (χ1v) is 19.4. The number of unbranched alkanes of at least 4 members (excludes halogenated alkanes) is 14. The van der Waals surface area contributed by atoms with E-state index in [-0.39, 0.29) is 13.2 Å². The van der Waals surface area contributed by atoms with Crippen LogP contribution in [0.15, 0.2) is 18.5 Å². The predicted octanol–water partition coefficient (Wildman–Crippen LogP) is 8.34. The summed E-state index contributed by atoms with van der Waals surface area (Å²) in [5, 5.41) is 14.2. The molecule has 0 bridgehead atoms. The molecule has 2 aromatic rings. The molecule has 10 nitrogen and oxygen atoms in total. The molecule has 1 unspecified atom stereocenters. The molecule has 0 amide bonds. The summed E-state index contributed by atoms with van der Waals surface area (Å²) in [7, 11) is -4.21. The lowest BCUT2D eigenvalue weighted by atomic mass is 9.98. The molecule has 3 atom stereocenters. The second-order valence-electron chi connectivity index (χ2n) is 11.9. The van der Waals surface area contributed by atoms with Gasteiger partial charge in [0.15, 0.2) is 11.4 Å². The maximum atomic E-state index is 12.4. The van der Waals surface area contributed by atoms with Crippen molar-refractivity contribution in [1.29, 1.82) is 5.26 Å². The van der Waals surface area contributed by atoms with E-state index in [4.69, 9.17) is 19.5 Å². The molecule has 44 heavy (non-hydrogen) atoms. The maximum absolute atomic E-state index is 12.4. The number of nitrogens with two attached hydrogens (primary N) is 1. The fourth-order valence-electron chi connectivity index (χ4n) is 5.70. The van der Waals surface area contributed by atoms with Gasteiger partial charge in [0.1, 0.15) is 17.9 Å². The summed E-state index contributed by atoms with van der Waals surface area (Å²) < 4.78 is 30.3. The molecule has 0 aliphatic carbocycles. The van der Waals surface area contributed by atoms with E-state index >= 15 is 0 Å². The molecular formula is C32H54N5O5PS. The Kier molecular flexibility index (Phi) is 17.1. The van der Waals surface area contributed by atoms with Crippen molar-refractivity contribution in [3.05, 3.63) is 24.2 Å². The second kappa shape index (κ2) is 20.5. The highest BCUT2D eigenvalue weighted by Gasteiger charge is 2.45. The summed E-state index contributed by atoms with van der Waals surface area (Å²) in [6.45, 7) is 2.28. The summed E-state index contributed by atoms with van der Waals surface area (Å²) in [5.74, 6) is 2.30. The average Bonchev–Trinajstić information content (AvgIpc) is 3.65. The van der Waals surface area contributed by atoms with Crippen LogP contribution in [-0.4, -0.2) is 50.3 Å². The van der Waals surface area contributed by atoms with E-state index in [1.807, 2.05) is 11.8 Å². The molecule has 0 spiro atoms. The van der Waals surface area contributed by atoms with Crippen molar-refractivity contribution in [2.75, 3.05) is 30.5 Å². The molecule has 3 heterocycles. The fourth-order valence-corrected chi connectivity index (χ4v) is 7.43. The Hall–Kier alpha value is -1.67. The number of hydrogen-bond donors (Lipinski definition) is 2. The third-order valence-electron chi connectivity index (χ3n) is 8.27. The Morgan fingerprint density at radius 2 is 1.64 bits per heavy atom. The second-order valence-corrected chi connectivity index (χ2v) is 14.6. The molecule has 0 radical (unpaired) electrons. The standard InChI is InChI=1S/C32H54N5O5PS/c1-2-3-4-5-6-7-8-9-10-11-12-13-14-15-16-23-44-24-17-22-40-43(38,39)41-25-28-20-21-32(26-33,42-28)30-19-18-29-31(34)35-27-36-37(29)30/h18-19,27-28H,2-17,20-25H2,1H3,(H,38,39)(H2,34,35,36)/t28-,32-/m0/s1. The number of nitrogens with zero attached hydrogens (tertiary/aromatic N) is 4. The number of rotatable bonds is 25. The van der Waals surface area contributed by atoms with Crippen LogP contribution < -0.4 is 5.73 Å². The fraction of sp³-hybridized carbons (Fsp3) is 0.781. The van der Waals surface area contributed by atoms with Gasteiger partial charge in [0.2, 0.25) is 0 Å². The first kappa shape index (κ1) is 36.8. The van der Waals surface area contributed by atoms with Gasteiger partial charge in [-0.25, -0.2) is 14.1 Å². The van der Waals surface area contributed by atoms with Gasteiger partial charge in [-0.05, 0) is 49.3 Å². The molecule has 1 saturated heterocycles. The van der Waals surface area contributed by atoms with Crippen molar-refractivity contribution >= 4 is 30.9 Å². The molecule has 3 rings (SSSR count). The summed E-state index contributed by atoms with van der Waals surface area (Å²) in [5.41, 5.74) is 5.78. The first-order valence-electron chi connectivity index (χ1n) is 16.8. The van der Waals surface area contributed by atoms with Crippen LogP contribution in [0.3, 0.4) is 0 Å². The lowest BCUT2D eigenvalue weighted by Gasteiger charge is -2.22. The van der Waals surface area contributed by atoms with Gasteiger partial charge < -0.3 is 15.4 Å². The molecule has 248 valence electrons. The van der Waals surface area contributed by atoms with E-state index in [0.29, 0.717) is 36.3 Å². The number of phosphoric ester groups is 1. The molecule has 1 aliphatic heterocycles. The number of phosphoric acid groups is 1. The Morgan fingerprint density at radius 3 is 2.27 bits per heavy atom. The number of hydrogen-bond acceptors (Lipinski definition) is 9. The van der Waals surface area contributed by atoms with Gasteiger partial charge in [0.25, 0.3) is 0 Å². The van der Waals surface area contributed by atoms with Crippen molar-refractivity contribution in [2.24, 2.45) is 0 Å². The van der Waals surface area contributed by atoms with Crippen LogP contribution in [0.25, 0.3) is 5.52 Å². The summed E-state index contributed by atoms with van der Waals surface area (Å²) >= 11 is 1.86. The summed E-state index contributed by atoms with van der Waals surface area (Å²) in [6, 6.07) is 5.73. The molecule has 2 aromatic heterocycles. The van der Waals surface area contributed by atoms with Gasteiger partial charge in [-0.15, -0.1) is 0 Å². The molecule has 1 aliphatic rings. The Morgan fingerprint density at radius 1 is 1.02 bits per heavy atom. The monoisotopic (exact) mass is 651 g/mol. The minimum Gasteiger partial charge on any atom is -0.382 e. The minimum atomic E-state index is -4.21. The molecule has 3 N–H and O–H groups in total. The van der Waals surface area contributed by atoms with Crippen molar-refractivity contribution in [3.63, 3.8) is 0 Å². The number of nitriles is 1. The highest BCUT2D eigenvalue weighted by atomic mass is 32.2. The number of ether oxygens (including phenoxy) is 1. The van der Waals surface area contributed by atoms with Gasteiger partial charge in [-0.3, -0.25) is 9.05 Å².